The Labute approximate surface area is 175 Å². The van der Waals surface area contributed by atoms with Crippen molar-refractivity contribution in [3.05, 3.63) is 35.4 Å². The van der Waals surface area contributed by atoms with Gasteiger partial charge in [0.25, 0.3) is 0 Å². The maximum Gasteiger partial charge on any atom is 0.191 e. The minimum atomic E-state index is -0.0949. The molecule has 0 radical (unpaired) electrons. The molecule has 1 aromatic rings. The monoisotopic (exact) mass is 403 g/mol. The van der Waals surface area contributed by atoms with E-state index in [-0.39, 0.29) is 11.0 Å². The van der Waals surface area contributed by atoms with Crippen LogP contribution in [0.4, 0.5) is 0 Å². The van der Waals surface area contributed by atoms with Gasteiger partial charge in [-0.05, 0) is 37.3 Å². The molecule has 0 bridgehead atoms. The SMILES string of the molecule is CN=C(NCc1cccc(COC2CCOCC2)c1)NC1CC(C)(OC)C1(C)C. The summed E-state index contributed by atoms with van der Waals surface area (Å²) in [4.78, 5) is 4.40. The van der Waals surface area contributed by atoms with Gasteiger partial charge in [-0.1, -0.05) is 38.1 Å². The maximum atomic E-state index is 6.05. The summed E-state index contributed by atoms with van der Waals surface area (Å²) in [6.07, 6.45) is 3.26. The van der Waals surface area contributed by atoms with Gasteiger partial charge in [0, 0.05) is 45.4 Å². The van der Waals surface area contributed by atoms with Gasteiger partial charge >= 0.3 is 0 Å². The van der Waals surface area contributed by atoms with Crippen LogP contribution in [0.15, 0.2) is 29.3 Å². The predicted octanol–water partition coefficient (Wildman–Crippen LogP) is 3.25. The standard InChI is InChI=1S/C23H37N3O3/c1-22(2)20(14-23(22,3)27-5)26-21(24-4)25-15-17-7-6-8-18(13-17)16-29-19-9-11-28-12-10-19/h6-8,13,19-20H,9-12,14-16H2,1-5H3,(H2,24,25,26). The summed E-state index contributed by atoms with van der Waals surface area (Å²) in [5.74, 6) is 0.824. The second kappa shape index (κ2) is 9.45. The lowest BCUT2D eigenvalue weighted by atomic mass is 9.56. The lowest BCUT2D eigenvalue weighted by molar-refractivity contribution is -0.176. The van der Waals surface area contributed by atoms with E-state index in [2.05, 4.69) is 60.7 Å². The van der Waals surface area contributed by atoms with Crippen molar-refractivity contribution in [3.8, 4) is 0 Å². The number of nitrogens with one attached hydrogen (secondary N) is 2. The molecule has 2 fully saturated rings. The van der Waals surface area contributed by atoms with Crippen molar-refractivity contribution >= 4 is 5.96 Å². The average molecular weight is 404 g/mol. The van der Waals surface area contributed by atoms with Crippen LogP contribution in [-0.4, -0.2) is 51.1 Å². The Kier molecular flexibility index (Phi) is 7.19. The smallest absolute Gasteiger partial charge is 0.191 e. The number of benzene rings is 1. The van der Waals surface area contributed by atoms with Crippen LogP contribution in [0.2, 0.25) is 0 Å². The van der Waals surface area contributed by atoms with Crippen LogP contribution in [-0.2, 0) is 27.4 Å². The van der Waals surface area contributed by atoms with E-state index in [0.717, 1.165) is 45.0 Å². The van der Waals surface area contributed by atoms with Crippen LogP contribution in [0.5, 0.6) is 0 Å². The molecule has 2 N–H and O–H groups in total. The van der Waals surface area contributed by atoms with Crippen molar-refractivity contribution in [2.45, 2.75) is 70.9 Å². The topological polar surface area (TPSA) is 64.1 Å². The van der Waals surface area contributed by atoms with Crippen molar-refractivity contribution in [1.29, 1.82) is 0 Å². The summed E-state index contributed by atoms with van der Waals surface area (Å²) < 4.78 is 17.2. The van der Waals surface area contributed by atoms with E-state index < -0.39 is 0 Å². The molecule has 1 saturated heterocycles. The first-order valence-electron chi connectivity index (χ1n) is 10.7. The molecule has 1 aliphatic carbocycles. The molecular formula is C23H37N3O3. The van der Waals surface area contributed by atoms with Crippen LogP contribution in [0.1, 0.15) is 51.2 Å². The summed E-state index contributed by atoms with van der Waals surface area (Å²) >= 11 is 0. The summed E-state index contributed by atoms with van der Waals surface area (Å²) in [5, 5.41) is 7.00. The van der Waals surface area contributed by atoms with E-state index in [1.165, 1.54) is 11.1 Å². The van der Waals surface area contributed by atoms with Crippen molar-refractivity contribution in [2.75, 3.05) is 27.4 Å². The molecule has 3 rings (SSSR count). The van der Waals surface area contributed by atoms with E-state index in [1.54, 1.807) is 7.11 Å². The van der Waals surface area contributed by atoms with Gasteiger partial charge in [0.05, 0.1) is 18.3 Å². The predicted molar refractivity (Wildman–Crippen MR) is 116 cm³/mol. The quantitative estimate of drug-likeness (QED) is 0.540. The zero-order valence-corrected chi connectivity index (χ0v) is 18.6. The lowest BCUT2D eigenvalue weighted by Gasteiger charge is -2.59. The first kappa shape index (κ1) is 22.1. The molecule has 1 heterocycles. The molecule has 0 aromatic heterocycles. The molecule has 162 valence electrons. The minimum Gasteiger partial charge on any atom is -0.381 e. The molecule has 0 amide bonds. The zero-order valence-electron chi connectivity index (χ0n) is 18.6. The Morgan fingerprint density at radius 3 is 2.59 bits per heavy atom. The third-order valence-corrected chi connectivity index (χ3v) is 6.92. The van der Waals surface area contributed by atoms with Crippen molar-refractivity contribution in [3.63, 3.8) is 0 Å². The average Bonchev–Trinajstić information content (AvgIpc) is 2.75. The zero-order chi connectivity index (χ0) is 20.9. The molecule has 0 spiro atoms. The molecule has 6 heteroatoms. The first-order chi connectivity index (χ1) is 13.9. The number of ether oxygens (including phenoxy) is 3. The van der Waals surface area contributed by atoms with Gasteiger partial charge in [-0.2, -0.15) is 0 Å². The normalized spacial score (nSPS) is 27.3. The van der Waals surface area contributed by atoms with E-state index in [1.807, 2.05) is 7.05 Å². The van der Waals surface area contributed by atoms with E-state index in [9.17, 15) is 0 Å². The van der Waals surface area contributed by atoms with Crippen molar-refractivity contribution in [2.24, 2.45) is 10.4 Å². The summed E-state index contributed by atoms with van der Waals surface area (Å²) in [6.45, 7) is 9.65. The number of nitrogens with zero attached hydrogens (tertiary/aromatic N) is 1. The Hall–Kier alpha value is -1.63. The third-order valence-electron chi connectivity index (χ3n) is 6.92. The van der Waals surface area contributed by atoms with Gasteiger partial charge in [-0.15, -0.1) is 0 Å². The lowest BCUT2D eigenvalue weighted by Crippen LogP contribution is -2.69. The fraction of sp³-hybridized carbons (Fsp3) is 0.696. The van der Waals surface area contributed by atoms with E-state index in [4.69, 9.17) is 14.2 Å². The van der Waals surface area contributed by atoms with Crippen LogP contribution in [0.3, 0.4) is 0 Å². The molecule has 29 heavy (non-hydrogen) atoms. The van der Waals surface area contributed by atoms with Gasteiger partial charge in [-0.3, -0.25) is 4.99 Å². The molecule has 1 aromatic carbocycles. The van der Waals surface area contributed by atoms with Crippen molar-refractivity contribution in [1.82, 2.24) is 10.6 Å². The van der Waals surface area contributed by atoms with Gasteiger partial charge < -0.3 is 24.8 Å². The molecule has 1 saturated carbocycles. The van der Waals surface area contributed by atoms with E-state index >= 15 is 0 Å². The number of methoxy groups -OCH3 is 1. The number of aliphatic imine (C=N–C) groups is 1. The number of rotatable bonds is 7. The second-order valence-corrected chi connectivity index (χ2v) is 8.93. The summed E-state index contributed by atoms with van der Waals surface area (Å²) in [5.41, 5.74) is 2.37. The highest BCUT2D eigenvalue weighted by Crippen LogP contribution is 2.51. The molecule has 2 aliphatic rings. The first-order valence-corrected chi connectivity index (χ1v) is 10.7. The van der Waals surface area contributed by atoms with Crippen LogP contribution >= 0.6 is 0 Å². The van der Waals surface area contributed by atoms with E-state index in [0.29, 0.717) is 18.8 Å². The Bertz CT molecular complexity index is 700. The minimum absolute atomic E-state index is 0.0424. The molecule has 2 unspecified atom stereocenters. The Balaban J connectivity index is 1.48. The van der Waals surface area contributed by atoms with Crippen molar-refractivity contribution < 1.29 is 14.2 Å². The number of hydrogen-bond donors (Lipinski definition) is 2. The molecular weight excluding hydrogens is 366 g/mol. The Morgan fingerprint density at radius 1 is 1.21 bits per heavy atom. The van der Waals surface area contributed by atoms with Crippen LogP contribution < -0.4 is 10.6 Å². The van der Waals surface area contributed by atoms with Gasteiger partial charge in [0.2, 0.25) is 0 Å². The summed E-state index contributed by atoms with van der Waals surface area (Å²) in [6, 6.07) is 8.88. The van der Waals surface area contributed by atoms with Crippen LogP contribution in [0, 0.1) is 5.41 Å². The third kappa shape index (κ3) is 5.11. The maximum absolute atomic E-state index is 6.05. The highest BCUT2D eigenvalue weighted by Gasteiger charge is 2.58. The second-order valence-electron chi connectivity index (χ2n) is 8.93. The summed E-state index contributed by atoms with van der Waals surface area (Å²) in [7, 11) is 3.61. The van der Waals surface area contributed by atoms with Gasteiger partial charge in [0.15, 0.2) is 5.96 Å². The molecule has 2 atom stereocenters. The highest BCUT2D eigenvalue weighted by molar-refractivity contribution is 5.80. The molecule has 1 aliphatic heterocycles. The molecule has 6 nitrogen and oxygen atoms in total. The Morgan fingerprint density at radius 2 is 1.93 bits per heavy atom. The van der Waals surface area contributed by atoms with Gasteiger partial charge in [-0.25, -0.2) is 0 Å². The largest absolute Gasteiger partial charge is 0.381 e. The number of hydrogen-bond acceptors (Lipinski definition) is 4. The fourth-order valence-corrected chi connectivity index (χ4v) is 4.15. The van der Waals surface area contributed by atoms with Crippen LogP contribution in [0.25, 0.3) is 0 Å². The fourth-order valence-electron chi connectivity index (χ4n) is 4.15. The highest BCUT2D eigenvalue weighted by atomic mass is 16.5. The number of guanidine groups is 1. The van der Waals surface area contributed by atoms with Gasteiger partial charge in [0.1, 0.15) is 0 Å².